The van der Waals surface area contributed by atoms with Gasteiger partial charge in [0, 0.05) is 6.54 Å². The van der Waals surface area contributed by atoms with Crippen LogP contribution in [0, 0.1) is 0 Å². The van der Waals surface area contributed by atoms with E-state index in [4.69, 9.17) is 4.74 Å². The third-order valence-corrected chi connectivity index (χ3v) is 2.88. The summed E-state index contributed by atoms with van der Waals surface area (Å²) >= 11 is 0. The van der Waals surface area contributed by atoms with Gasteiger partial charge in [-0.1, -0.05) is 0 Å². The molecule has 1 heterocycles. The lowest BCUT2D eigenvalue weighted by molar-refractivity contribution is -0.160. The van der Waals surface area contributed by atoms with Gasteiger partial charge in [0.2, 0.25) is 0 Å². The maximum absolute atomic E-state index is 12.0. The Morgan fingerprint density at radius 3 is 2.71 bits per heavy atom. The highest BCUT2D eigenvalue weighted by Crippen LogP contribution is 2.21. The highest BCUT2D eigenvalue weighted by Gasteiger charge is 2.33. The summed E-state index contributed by atoms with van der Waals surface area (Å²) in [7, 11) is 0. The van der Waals surface area contributed by atoms with Crippen LogP contribution >= 0.6 is 0 Å². The van der Waals surface area contributed by atoms with Crippen molar-refractivity contribution in [3.05, 3.63) is 0 Å². The van der Waals surface area contributed by atoms with Gasteiger partial charge in [-0.25, -0.2) is 0 Å². The zero-order valence-corrected chi connectivity index (χ0v) is 11.4. The largest absolute Gasteiger partial charge is 0.459 e. The molecular weight excluding hydrogens is 218 g/mol. The maximum atomic E-state index is 12.0. The summed E-state index contributed by atoms with van der Waals surface area (Å²) in [6, 6.07) is -0.118. The zero-order chi connectivity index (χ0) is 13.1. The third kappa shape index (κ3) is 5.04. The Morgan fingerprint density at radius 1 is 1.53 bits per heavy atom. The quantitative estimate of drug-likeness (QED) is 0.761. The molecule has 1 aliphatic heterocycles. The van der Waals surface area contributed by atoms with Gasteiger partial charge in [-0.3, -0.25) is 9.69 Å². The predicted octanol–water partition coefficient (Wildman–Crippen LogP) is 1.56. The molecule has 1 aliphatic rings. The van der Waals surface area contributed by atoms with Crippen molar-refractivity contribution in [2.45, 2.75) is 64.7 Å². The molecule has 1 saturated heterocycles. The van der Waals surface area contributed by atoms with Crippen molar-refractivity contribution in [2.75, 3.05) is 13.1 Å². The molecule has 1 unspecified atom stereocenters. The van der Waals surface area contributed by atoms with E-state index in [2.05, 4.69) is 4.90 Å². The highest BCUT2D eigenvalue weighted by atomic mass is 16.6. The van der Waals surface area contributed by atoms with Crippen LogP contribution in [0.1, 0.15) is 47.0 Å². The molecule has 0 radical (unpaired) electrons. The summed E-state index contributed by atoms with van der Waals surface area (Å²) in [5.41, 5.74) is -0.421. The Bertz CT molecular complexity index is 258. The van der Waals surface area contributed by atoms with Crippen molar-refractivity contribution in [1.29, 1.82) is 0 Å². The molecule has 0 aliphatic carbocycles. The molecule has 0 aromatic carbocycles. The number of aliphatic hydroxyl groups is 1. The lowest BCUT2D eigenvalue weighted by Gasteiger charge is -2.27. The minimum atomic E-state index is -0.421. The first-order valence-corrected chi connectivity index (χ1v) is 6.44. The van der Waals surface area contributed by atoms with Gasteiger partial charge in [0.15, 0.2) is 0 Å². The summed E-state index contributed by atoms with van der Waals surface area (Å²) in [5, 5.41) is 9.28. The second-order valence-corrected chi connectivity index (χ2v) is 5.87. The van der Waals surface area contributed by atoms with Crippen LogP contribution in [0.25, 0.3) is 0 Å². The van der Waals surface area contributed by atoms with Crippen molar-refractivity contribution < 1.29 is 14.6 Å². The summed E-state index contributed by atoms with van der Waals surface area (Å²) in [6.07, 6.45) is 2.30. The fourth-order valence-electron chi connectivity index (χ4n) is 2.08. The Hall–Kier alpha value is -0.610. The summed E-state index contributed by atoms with van der Waals surface area (Å²) in [4.78, 5) is 14.1. The average molecular weight is 243 g/mol. The van der Waals surface area contributed by atoms with Crippen LogP contribution < -0.4 is 0 Å². The molecule has 0 bridgehead atoms. The maximum Gasteiger partial charge on any atom is 0.323 e. The SMILES string of the molecule is CC(O)CCN1CCC[C@@H]1C(=O)OC(C)(C)C. The van der Waals surface area contributed by atoms with Gasteiger partial charge >= 0.3 is 5.97 Å². The van der Waals surface area contributed by atoms with Crippen LogP contribution in [0.2, 0.25) is 0 Å². The number of esters is 1. The Balaban J connectivity index is 2.48. The van der Waals surface area contributed by atoms with E-state index in [0.717, 1.165) is 25.9 Å². The van der Waals surface area contributed by atoms with Crippen molar-refractivity contribution in [3.63, 3.8) is 0 Å². The molecule has 2 atom stereocenters. The van der Waals surface area contributed by atoms with Gasteiger partial charge in [-0.05, 0) is 53.5 Å². The second kappa shape index (κ2) is 5.83. The van der Waals surface area contributed by atoms with Crippen molar-refractivity contribution in [3.8, 4) is 0 Å². The number of likely N-dealkylation sites (tertiary alicyclic amines) is 1. The van der Waals surface area contributed by atoms with Crippen LogP contribution in [0.5, 0.6) is 0 Å². The third-order valence-electron chi connectivity index (χ3n) is 2.88. The molecule has 17 heavy (non-hydrogen) atoms. The molecule has 0 aromatic heterocycles. The highest BCUT2D eigenvalue weighted by molar-refractivity contribution is 5.76. The number of ether oxygens (including phenoxy) is 1. The van der Waals surface area contributed by atoms with Crippen molar-refractivity contribution in [2.24, 2.45) is 0 Å². The number of rotatable bonds is 4. The summed E-state index contributed by atoms with van der Waals surface area (Å²) in [6.45, 7) is 9.14. The molecule has 0 saturated carbocycles. The standard InChI is InChI=1S/C13H25NO3/c1-10(15)7-9-14-8-5-6-11(14)12(16)17-13(2,3)4/h10-11,15H,5-9H2,1-4H3/t10?,11-/m1/s1. The summed E-state index contributed by atoms with van der Waals surface area (Å²) < 4.78 is 5.42. The molecule has 0 spiro atoms. The fourth-order valence-corrected chi connectivity index (χ4v) is 2.08. The Kier molecular flexibility index (Phi) is 4.95. The average Bonchev–Trinajstić information content (AvgIpc) is 2.59. The van der Waals surface area contributed by atoms with Crippen LogP contribution in [0.15, 0.2) is 0 Å². The lowest BCUT2D eigenvalue weighted by atomic mass is 10.1. The van der Waals surface area contributed by atoms with E-state index in [9.17, 15) is 9.90 Å². The molecule has 1 fully saturated rings. The van der Waals surface area contributed by atoms with Gasteiger partial charge in [0.25, 0.3) is 0 Å². The van der Waals surface area contributed by atoms with Gasteiger partial charge in [-0.2, -0.15) is 0 Å². The monoisotopic (exact) mass is 243 g/mol. The Morgan fingerprint density at radius 2 is 2.18 bits per heavy atom. The molecule has 0 amide bonds. The first-order valence-electron chi connectivity index (χ1n) is 6.44. The van der Waals surface area contributed by atoms with Gasteiger partial charge in [0.05, 0.1) is 6.10 Å². The number of carbonyl (C=O) groups is 1. The number of hydrogen-bond donors (Lipinski definition) is 1. The smallest absolute Gasteiger partial charge is 0.323 e. The summed E-state index contributed by atoms with van der Waals surface area (Å²) in [5.74, 6) is -0.124. The van der Waals surface area contributed by atoms with Crippen LogP contribution in [0.4, 0.5) is 0 Å². The molecule has 1 N–H and O–H groups in total. The van der Waals surface area contributed by atoms with E-state index in [-0.39, 0.29) is 18.1 Å². The number of hydrogen-bond acceptors (Lipinski definition) is 4. The first-order chi connectivity index (χ1) is 7.79. The van der Waals surface area contributed by atoms with Crippen molar-refractivity contribution in [1.82, 2.24) is 4.90 Å². The Labute approximate surface area is 104 Å². The number of nitrogens with zero attached hydrogens (tertiary/aromatic N) is 1. The fraction of sp³-hybridized carbons (Fsp3) is 0.923. The van der Waals surface area contributed by atoms with Gasteiger partial charge in [0.1, 0.15) is 11.6 Å². The van der Waals surface area contributed by atoms with E-state index < -0.39 is 5.60 Å². The number of carbonyl (C=O) groups excluding carboxylic acids is 1. The van der Waals surface area contributed by atoms with Gasteiger partial charge < -0.3 is 9.84 Å². The van der Waals surface area contributed by atoms with Crippen molar-refractivity contribution >= 4 is 5.97 Å². The van der Waals surface area contributed by atoms with E-state index in [0.29, 0.717) is 6.42 Å². The minimum absolute atomic E-state index is 0.118. The lowest BCUT2D eigenvalue weighted by Crippen LogP contribution is -2.41. The number of aliphatic hydroxyl groups excluding tert-OH is 1. The molecule has 4 heteroatoms. The molecule has 1 rings (SSSR count). The molecule has 4 nitrogen and oxygen atoms in total. The second-order valence-electron chi connectivity index (χ2n) is 5.87. The predicted molar refractivity (Wildman–Crippen MR) is 66.7 cm³/mol. The zero-order valence-electron chi connectivity index (χ0n) is 11.4. The molecule has 0 aromatic rings. The normalized spacial score (nSPS) is 23.7. The van der Waals surface area contributed by atoms with Crippen LogP contribution in [-0.4, -0.2) is 46.8 Å². The first kappa shape index (κ1) is 14.5. The van der Waals surface area contributed by atoms with E-state index >= 15 is 0 Å². The molecule has 100 valence electrons. The topological polar surface area (TPSA) is 49.8 Å². The van der Waals surface area contributed by atoms with E-state index in [1.54, 1.807) is 6.92 Å². The van der Waals surface area contributed by atoms with Crippen LogP contribution in [-0.2, 0) is 9.53 Å². The minimum Gasteiger partial charge on any atom is -0.459 e. The van der Waals surface area contributed by atoms with Crippen LogP contribution in [0.3, 0.4) is 0 Å². The van der Waals surface area contributed by atoms with E-state index in [1.807, 2.05) is 20.8 Å². The van der Waals surface area contributed by atoms with Gasteiger partial charge in [-0.15, -0.1) is 0 Å². The molecular formula is C13H25NO3. The van der Waals surface area contributed by atoms with E-state index in [1.165, 1.54) is 0 Å².